The first-order valence-corrected chi connectivity index (χ1v) is 10.3. The molecular formula is C25H30N2O3. The molecule has 5 nitrogen and oxygen atoms in total. The van der Waals surface area contributed by atoms with E-state index in [1.807, 2.05) is 47.4 Å². The van der Waals surface area contributed by atoms with Crippen LogP contribution in [0.5, 0.6) is 11.5 Å². The lowest BCUT2D eigenvalue weighted by Gasteiger charge is -2.24. The van der Waals surface area contributed by atoms with Crippen molar-refractivity contribution in [2.45, 2.75) is 32.9 Å². The molecular weight excluding hydrogens is 376 g/mol. The highest BCUT2D eigenvalue weighted by atomic mass is 16.5. The normalized spacial score (nSPS) is 10.6. The van der Waals surface area contributed by atoms with Gasteiger partial charge in [-0.15, -0.1) is 0 Å². The molecule has 30 heavy (non-hydrogen) atoms. The standard InChI is InChI=1S/C25H30N2O3/c1-4-5-14-27(25(28)21-10-7-13-24(17-21)30-3)19-22-11-8-15-26(22)18-20-9-6-12-23(16-20)29-2/h6-13,15-17H,4-5,14,18-19H2,1-3H3. The lowest BCUT2D eigenvalue weighted by atomic mass is 10.1. The van der Waals surface area contributed by atoms with E-state index in [-0.39, 0.29) is 5.91 Å². The molecule has 0 radical (unpaired) electrons. The van der Waals surface area contributed by atoms with Crippen LogP contribution in [-0.4, -0.2) is 36.1 Å². The predicted octanol–water partition coefficient (Wildman–Crippen LogP) is 5.00. The van der Waals surface area contributed by atoms with Gasteiger partial charge in [0, 0.05) is 30.5 Å². The van der Waals surface area contributed by atoms with Crippen LogP contribution in [-0.2, 0) is 13.1 Å². The summed E-state index contributed by atoms with van der Waals surface area (Å²) in [6.45, 7) is 4.15. The highest BCUT2D eigenvalue weighted by Crippen LogP contribution is 2.19. The summed E-state index contributed by atoms with van der Waals surface area (Å²) in [5.41, 5.74) is 2.91. The van der Waals surface area contributed by atoms with E-state index in [0.29, 0.717) is 17.9 Å². The molecule has 0 bridgehead atoms. The van der Waals surface area contributed by atoms with E-state index in [2.05, 4.69) is 29.8 Å². The lowest BCUT2D eigenvalue weighted by Crippen LogP contribution is -2.32. The third kappa shape index (κ3) is 5.44. The number of hydrogen-bond acceptors (Lipinski definition) is 3. The third-order valence-corrected chi connectivity index (χ3v) is 5.15. The molecule has 5 heteroatoms. The zero-order chi connectivity index (χ0) is 21.3. The molecule has 158 valence electrons. The number of aromatic nitrogens is 1. The van der Waals surface area contributed by atoms with Crippen molar-refractivity contribution in [3.63, 3.8) is 0 Å². The number of unbranched alkanes of at least 4 members (excludes halogenated alkanes) is 1. The molecule has 2 aromatic carbocycles. The number of carbonyl (C=O) groups excluding carboxylic acids is 1. The average Bonchev–Trinajstić information content (AvgIpc) is 3.22. The van der Waals surface area contributed by atoms with E-state index >= 15 is 0 Å². The SMILES string of the molecule is CCCCN(Cc1cccn1Cc1cccc(OC)c1)C(=O)c1cccc(OC)c1. The van der Waals surface area contributed by atoms with Crippen LogP contribution in [0.1, 0.15) is 41.4 Å². The van der Waals surface area contributed by atoms with Crippen LogP contribution >= 0.6 is 0 Å². The summed E-state index contributed by atoms with van der Waals surface area (Å²) in [7, 11) is 3.29. The first kappa shape index (κ1) is 21.5. The van der Waals surface area contributed by atoms with Gasteiger partial charge in [-0.2, -0.15) is 0 Å². The fourth-order valence-electron chi connectivity index (χ4n) is 3.45. The molecule has 3 aromatic rings. The second-order valence-electron chi connectivity index (χ2n) is 7.29. The molecule has 0 saturated carbocycles. The number of nitrogens with zero attached hydrogens (tertiary/aromatic N) is 2. The van der Waals surface area contributed by atoms with E-state index in [9.17, 15) is 4.79 Å². The van der Waals surface area contributed by atoms with Gasteiger partial charge in [0.25, 0.3) is 5.91 Å². The number of rotatable bonds is 10. The van der Waals surface area contributed by atoms with Crippen molar-refractivity contribution in [1.82, 2.24) is 9.47 Å². The number of ether oxygens (including phenoxy) is 2. The van der Waals surface area contributed by atoms with Crippen molar-refractivity contribution < 1.29 is 14.3 Å². The average molecular weight is 407 g/mol. The Hall–Kier alpha value is -3.21. The lowest BCUT2D eigenvalue weighted by molar-refractivity contribution is 0.0737. The molecule has 0 aliphatic rings. The molecule has 0 aliphatic carbocycles. The number of carbonyl (C=O) groups is 1. The maximum absolute atomic E-state index is 13.2. The Morgan fingerprint density at radius 2 is 1.70 bits per heavy atom. The van der Waals surface area contributed by atoms with Crippen LogP contribution in [0.2, 0.25) is 0 Å². The summed E-state index contributed by atoms with van der Waals surface area (Å²) < 4.78 is 12.8. The summed E-state index contributed by atoms with van der Waals surface area (Å²) in [6, 6.07) is 19.5. The van der Waals surface area contributed by atoms with Gasteiger partial charge in [0.1, 0.15) is 11.5 Å². The van der Waals surface area contributed by atoms with Gasteiger partial charge in [-0.1, -0.05) is 31.5 Å². The van der Waals surface area contributed by atoms with E-state index in [1.54, 1.807) is 20.3 Å². The number of benzene rings is 2. The van der Waals surface area contributed by atoms with Crippen molar-refractivity contribution in [2.75, 3.05) is 20.8 Å². The van der Waals surface area contributed by atoms with Gasteiger partial charge < -0.3 is 18.9 Å². The predicted molar refractivity (Wildman–Crippen MR) is 119 cm³/mol. The van der Waals surface area contributed by atoms with Crippen molar-refractivity contribution in [3.05, 3.63) is 83.7 Å². The van der Waals surface area contributed by atoms with Crippen LogP contribution < -0.4 is 9.47 Å². The van der Waals surface area contributed by atoms with Gasteiger partial charge >= 0.3 is 0 Å². The number of methoxy groups -OCH3 is 2. The first-order chi connectivity index (χ1) is 14.6. The summed E-state index contributed by atoms with van der Waals surface area (Å²) in [4.78, 5) is 15.2. The highest BCUT2D eigenvalue weighted by molar-refractivity contribution is 5.94. The second-order valence-corrected chi connectivity index (χ2v) is 7.29. The summed E-state index contributed by atoms with van der Waals surface area (Å²) >= 11 is 0. The molecule has 1 heterocycles. The Labute approximate surface area is 178 Å². The van der Waals surface area contributed by atoms with Gasteiger partial charge in [-0.25, -0.2) is 0 Å². The van der Waals surface area contributed by atoms with E-state index in [4.69, 9.17) is 9.47 Å². The molecule has 0 unspecified atom stereocenters. The van der Waals surface area contributed by atoms with Crippen LogP contribution in [0.15, 0.2) is 66.9 Å². The van der Waals surface area contributed by atoms with E-state index in [0.717, 1.165) is 42.9 Å². The summed E-state index contributed by atoms with van der Waals surface area (Å²) in [6.07, 6.45) is 4.06. The van der Waals surface area contributed by atoms with Gasteiger partial charge in [0.05, 0.1) is 20.8 Å². The van der Waals surface area contributed by atoms with Crippen molar-refractivity contribution in [2.24, 2.45) is 0 Å². The number of hydrogen-bond donors (Lipinski definition) is 0. The molecule has 0 aliphatic heterocycles. The highest BCUT2D eigenvalue weighted by Gasteiger charge is 2.18. The second kappa shape index (κ2) is 10.5. The molecule has 1 amide bonds. The minimum atomic E-state index is 0.0245. The van der Waals surface area contributed by atoms with E-state index < -0.39 is 0 Å². The number of amides is 1. The van der Waals surface area contributed by atoms with Crippen LogP contribution in [0.3, 0.4) is 0 Å². The van der Waals surface area contributed by atoms with Gasteiger partial charge in [-0.05, 0) is 54.4 Å². The smallest absolute Gasteiger partial charge is 0.254 e. The molecule has 0 atom stereocenters. The Bertz CT molecular complexity index is 964. The third-order valence-electron chi connectivity index (χ3n) is 5.15. The maximum atomic E-state index is 13.2. The zero-order valence-corrected chi connectivity index (χ0v) is 18.0. The first-order valence-electron chi connectivity index (χ1n) is 10.3. The molecule has 0 spiro atoms. The molecule has 3 rings (SSSR count). The quantitative estimate of drug-likeness (QED) is 0.476. The fourth-order valence-corrected chi connectivity index (χ4v) is 3.45. The Kier molecular flexibility index (Phi) is 7.55. The van der Waals surface area contributed by atoms with Gasteiger partial charge in [0.15, 0.2) is 0 Å². The minimum absolute atomic E-state index is 0.0245. The zero-order valence-electron chi connectivity index (χ0n) is 18.0. The molecule has 0 fully saturated rings. The monoisotopic (exact) mass is 406 g/mol. The van der Waals surface area contributed by atoms with Crippen LogP contribution in [0, 0.1) is 0 Å². The van der Waals surface area contributed by atoms with Gasteiger partial charge in [-0.3, -0.25) is 4.79 Å². The van der Waals surface area contributed by atoms with Crippen LogP contribution in [0.4, 0.5) is 0 Å². The summed E-state index contributed by atoms with van der Waals surface area (Å²) in [5, 5.41) is 0. The molecule has 0 saturated heterocycles. The van der Waals surface area contributed by atoms with E-state index in [1.165, 1.54) is 0 Å². The minimum Gasteiger partial charge on any atom is -0.497 e. The van der Waals surface area contributed by atoms with Crippen molar-refractivity contribution in [1.29, 1.82) is 0 Å². The molecule has 1 aromatic heterocycles. The Balaban J connectivity index is 1.80. The largest absolute Gasteiger partial charge is 0.497 e. The topological polar surface area (TPSA) is 43.7 Å². The summed E-state index contributed by atoms with van der Waals surface area (Å²) in [5.74, 6) is 1.56. The Morgan fingerprint density at radius 1 is 0.967 bits per heavy atom. The van der Waals surface area contributed by atoms with Gasteiger partial charge in [0.2, 0.25) is 0 Å². The van der Waals surface area contributed by atoms with Crippen molar-refractivity contribution in [3.8, 4) is 11.5 Å². The fraction of sp³-hybridized carbons (Fsp3) is 0.320. The Morgan fingerprint density at radius 3 is 2.43 bits per heavy atom. The van der Waals surface area contributed by atoms with Crippen LogP contribution in [0.25, 0.3) is 0 Å². The van der Waals surface area contributed by atoms with Crippen molar-refractivity contribution >= 4 is 5.91 Å². The molecule has 0 N–H and O–H groups in total. The maximum Gasteiger partial charge on any atom is 0.254 e.